The maximum Gasteiger partial charge on any atom is 0.408 e. The second-order valence-electron chi connectivity index (χ2n) is 5.32. The van der Waals surface area contributed by atoms with E-state index >= 15 is 0 Å². The molecule has 2 N–H and O–H groups in total. The number of ether oxygens (including phenoxy) is 1. The number of hydrogen-bond acceptors (Lipinski definition) is 3. The number of carbonyl (C=O) groups excluding carboxylic acids is 1. The van der Waals surface area contributed by atoms with Gasteiger partial charge in [0.15, 0.2) is 0 Å². The standard InChI is InChI=1S/C17H17NO3/c19-15-8-4-7-14(11-15)17(9-10-17)18-16(20)21-12-13-5-2-1-3-6-13/h1-8,11,19H,9-10,12H2,(H,18,20). The maximum absolute atomic E-state index is 11.9. The van der Waals surface area contributed by atoms with Gasteiger partial charge in [-0.3, -0.25) is 0 Å². The van der Waals surface area contributed by atoms with Crippen LogP contribution in [0.3, 0.4) is 0 Å². The Morgan fingerprint density at radius 1 is 1.14 bits per heavy atom. The molecule has 21 heavy (non-hydrogen) atoms. The van der Waals surface area contributed by atoms with Gasteiger partial charge in [0, 0.05) is 0 Å². The van der Waals surface area contributed by atoms with Crippen molar-refractivity contribution < 1.29 is 14.6 Å². The van der Waals surface area contributed by atoms with Crippen LogP contribution >= 0.6 is 0 Å². The number of alkyl carbamates (subject to hydrolysis) is 1. The predicted molar refractivity (Wildman–Crippen MR) is 78.8 cm³/mol. The number of benzene rings is 2. The van der Waals surface area contributed by atoms with Crippen LogP contribution in [0.2, 0.25) is 0 Å². The number of amides is 1. The highest BCUT2D eigenvalue weighted by molar-refractivity contribution is 5.69. The molecule has 0 aliphatic heterocycles. The lowest BCUT2D eigenvalue weighted by atomic mass is 10.1. The Balaban J connectivity index is 1.60. The monoisotopic (exact) mass is 283 g/mol. The molecule has 0 bridgehead atoms. The Morgan fingerprint density at radius 2 is 1.90 bits per heavy atom. The number of phenolic OH excluding ortho intramolecular Hbond substituents is 1. The number of carbonyl (C=O) groups is 1. The van der Waals surface area contributed by atoms with E-state index in [1.165, 1.54) is 0 Å². The van der Waals surface area contributed by atoms with Crippen molar-refractivity contribution in [3.8, 4) is 5.75 Å². The summed E-state index contributed by atoms with van der Waals surface area (Å²) in [5.41, 5.74) is 1.49. The molecule has 0 saturated heterocycles. The zero-order chi connectivity index (χ0) is 14.7. The minimum Gasteiger partial charge on any atom is -0.508 e. The number of aromatic hydroxyl groups is 1. The Hall–Kier alpha value is -2.49. The zero-order valence-corrected chi connectivity index (χ0v) is 11.6. The molecule has 4 nitrogen and oxygen atoms in total. The van der Waals surface area contributed by atoms with Crippen molar-refractivity contribution in [2.45, 2.75) is 25.0 Å². The molecule has 2 aromatic rings. The molecule has 2 aromatic carbocycles. The fourth-order valence-electron chi connectivity index (χ4n) is 2.37. The van der Waals surface area contributed by atoms with Crippen LogP contribution in [0.5, 0.6) is 5.75 Å². The molecule has 1 aliphatic carbocycles. The van der Waals surface area contributed by atoms with E-state index < -0.39 is 6.09 Å². The first-order valence-electron chi connectivity index (χ1n) is 6.96. The Bertz CT molecular complexity index is 635. The molecule has 1 aliphatic rings. The number of nitrogens with one attached hydrogen (secondary N) is 1. The summed E-state index contributed by atoms with van der Waals surface area (Å²) in [6.45, 7) is 0.253. The van der Waals surface area contributed by atoms with E-state index in [1.54, 1.807) is 18.2 Å². The third-order valence-corrected chi connectivity index (χ3v) is 3.70. The topological polar surface area (TPSA) is 58.6 Å². The maximum atomic E-state index is 11.9. The summed E-state index contributed by atoms with van der Waals surface area (Å²) >= 11 is 0. The van der Waals surface area contributed by atoms with Crippen LogP contribution < -0.4 is 5.32 Å². The van der Waals surface area contributed by atoms with Crippen molar-refractivity contribution in [1.82, 2.24) is 5.32 Å². The van der Waals surface area contributed by atoms with E-state index in [-0.39, 0.29) is 17.9 Å². The molecule has 0 atom stereocenters. The van der Waals surface area contributed by atoms with Gasteiger partial charge in [-0.15, -0.1) is 0 Å². The molecule has 1 fully saturated rings. The van der Waals surface area contributed by atoms with E-state index in [4.69, 9.17) is 4.74 Å². The first-order valence-corrected chi connectivity index (χ1v) is 6.96. The van der Waals surface area contributed by atoms with Crippen LogP contribution in [-0.4, -0.2) is 11.2 Å². The number of phenols is 1. The van der Waals surface area contributed by atoms with E-state index in [9.17, 15) is 9.90 Å². The van der Waals surface area contributed by atoms with Gasteiger partial charge < -0.3 is 15.2 Å². The second-order valence-corrected chi connectivity index (χ2v) is 5.32. The van der Waals surface area contributed by atoms with Crippen LogP contribution in [-0.2, 0) is 16.9 Å². The van der Waals surface area contributed by atoms with Crippen molar-refractivity contribution in [2.24, 2.45) is 0 Å². The molecule has 4 heteroatoms. The second kappa shape index (κ2) is 5.48. The summed E-state index contributed by atoms with van der Waals surface area (Å²) < 4.78 is 5.24. The zero-order valence-electron chi connectivity index (χ0n) is 11.6. The average molecular weight is 283 g/mol. The normalized spacial score (nSPS) is 15.2. The highest BCUT2D eigenvalue weighted by atomic mass is 16.5. The Kier molecular flexibility index (Phi) is 3.52. The third kappa shape index (κ3) is 3.16. The summed E-state index contributed by atoms with van der Waals surface area (Å²) in [6.07, 6.45) is 1.29. The summed E-state index contributed by atoms with van der Waals surface area (Å²) in [7, 11) is 0. The van der Waals surface area contributed by atoms with Gasteiger partial charge >= 0.3 is 6.09 Å². The molecule has 0 heterocycles. The van der Waals surface area contributed by atoms with Gasteiger partial charge in [-0.1, -0.05) is 42.5 Å². The van der Waals surface area contributed by atoms with Gasteiger partial charge in [-0.25, -0.2) is 4.79 Å². The van der Waals surface area contributed by atoms with Crippen LogP contribution in [0.1, 0.15) is 24.0 Å². The van der Waals surface area contributed by atoms with Gasteiger partial charge in [0.2, 0.25) is 0 Å². The Labute approximate surface area is 123 Å². The van der Waals surface area contributed by atoms with Gasteiger partial charge in [-0.2, -0.15) is 0 Å². The average Bonchev–Trinajstić information content (AvgIpc) is 3.27. The van der Waals surface area contributed by atoms with Crippen LogP contribution in [0.4, 0.5) is 4.79 Å². The number of rotatable bonds is 4. The van der Waals surface area contributed by atoms with Gasteiger partial charge in [0.05, 0.1) is 5.54 Å². The SMILES string of the molecule is O=C(NC1(c2cccc(O)c2)CC1)OCc1ccccc1. The highest BCUT2D eigenvalue weighted by Gasteiger charge is 2.46. The molecular weight excluding hydrogens is 266 g/mol. The molecular formula is C17H17NO3. The van der Waals surface area contributed by atoms with Crippen molar-refractivity contribution in [1.29, 1.82) is 0 Å². The van der Waals surface area contributed by atoms with Gasteiger partial charge in [-0.05, 0) is 36.1 Å². The lowest BCUT2D eigenvalue weighted by molar-refractivity contribution is 0.134. The fraction of sp³-hybridized carbons (Fsp3) is 0.235. The quantitative estimate of drug-likeness (QED) is 0.905. The van der Waals surface area contributed by atoms with Crippen molar-refractivity contribution in [2.75, 3.05) is 0 Å². The molecule has 0 unspecified atom stereocenters. The minimum atomic E-state index is -0.431. The lowest BCUT2D eigenvalue weighted by Gasteiger charge is -2.18. The van der Waals surface area contributed by atoms with E-state index in [0.29, 0.717) is 0 Å². The van der Waals surface area contributed by atoms with Crippen molar-refractivity contribution in [3.05, 3.63) is 65.7 Å². The lowest BCUT2D eigenvalue weighted by Crippen LogP contribution is -2.35. The first kappa shape index (κ1) is 13.5. The molecule has 0 spiro atoms. The van der Waals surface area contributed by atoms with E-state index in [2.05, 4.69) is 5.32 Å². The molecule has 1 amide bonds. The van der Waals surface area contributed by atoms with Gasteiger partial charge in [0.25, 0.3) is 0 Å². The van der Waals surface area contributed by atoms with Crippen LogP contribution in [0, 0.1) is 0 Å². The fourth-order valence-corrected chi connectivity index (χ4v) is 2.37. The van der Waals surface area contributed by atoms with Crippen LogP contribution in [0.15, 0.2) is 54.6 Å². The van der Waals surface area contributed by atoms with Crippen molar-refractivity contribution >= 4 is 6.09 Å². The molecule has 1 saturated carbocycles. The number of hydrogen-bond donors (Lipinski definition) is 2. The molecule has 0 aromatic heterocycles. The highest BCUT2D eigenvalue weighted by Crippen LogP contribution is 2.46. The van der Waals surface area contributed by atoms with Gasteiger partial charge in [0.1, 0.15) is 12.4 Å². The summed E-state index contributed by atoms with van der Waals surface area (Å²) in [4.78, 5) is 11.9. The van der Waals surface area contributed by atoms with Crippen molar-refractivity contribution in [3.63, 3.8) is 0 Å². The first-order chi connectivity index (χ1) is 10.2. The largest absolute Gasteiger partial charge is 0.508 e. The Morgan fingerprint density at radius 3 is 2.57 bits per heavy atom. The predicted octanol–water partition coefficient (Wildman–Crippen LogP) is 3.31. The summed E-state index contributed by atoms with van der Waals surface area (Å²) in [6, 6.07) is 16.6. The smallest absolute Gasteiger partial charge is 0.408 e. The molecule has 3 rings (SSSR count). The third-order valence-electron chi connectivity index (χ3n) is 3.70. The molecule has 108 valence electrons. The summed E-state index contributed by atoms with van der Waals surface area (Å²) in [5, 5.41) is 12.5. The molecule has 0 radical (unpaired) electrons. The summed E-state index contributed by atoms with van der Waals surface area (Å²) in [5.74, 6) is 0.207. The van der Waals surface area contributed by atoms with E-state index in [0.717, 1.165) is 24.0 Å². The minimum absolute atomic E-state index is 0.207. The van der Waals surface area contributed by atoms with E-state index in [1.807, 2.05) is 36.4 Å². The van der Waals surface area contributed by atoms with Crippen LogP contribution in [0.25, 0.3) is 0 Å².